The molecule has 4 unspecified atom stereocenters. The normalized spacial score (nSPS) is 31.9. The molecule has 6 heteroatoms. The van der Waals surface area contributed by atoms with E-state index in [2.05, 4.69) is 13.5 Å². The van der Waals surface area contributed by atoms with Crippen molar-refractivity contribution >= 4 is 7.82 Å². The van der Waals surface area contributed by atoms with Gasteiger partial charge >= 0.3 is 7.82 Å². The topological polar surface area (TPSA) is 81.8 Å². The summed E-state index contributed by atoms with van der Waals surface area (Å²) >= 11 is 0. The van der Waals surface area contributed by atoms with Gasteiger partial charge < -0.3 is 10.6 Å². The number of nitrogens with two attached hydrogens (primary N) is 1. The van der Waals surface area contributed by atoms with Crippen LogP contribution in [-0.2, 0) is 13.6 Å². The summed E-state index contributed by atoms with van der Waals surface area (Å²) in [5.74, 6) is 0.614. The van der Waals surface area contributed by atoms with E-state index in [0.717, 1.165) is 24.8 Å². The quantitative estimate of drug-likeness (QED) is 0.575. The van der Waals surface area contributed by atoms with E-state index in [-0.39, 0.29) is 25.2 Å². The summed E-state index contributed by atoms with van der Waals surface area (Å²) in [5, 5.41) is 0. The van der Waals surface area contributed by atoms with Crippen LogP contribution >= 0.6 is 7.82 Å². The minimum Gasteiger partial charge on any atom is -0.328 e. The molecule has 1 saturated carbocycles. The first-order valence-electron chi connectivity index (χ1n) is 6.37. The van der Waals surface area contributed by atoms with E-state index in [0.29, 0.717) is 5.92 Å². The Morgan fingerprint density at radius 3 is 2.78 bits per heavy atom. The Kier molecular flexibility index (Phi) is 6.02. The highest BCUT2D eigenvalue weighted by Crippen LogP contribution is 2.49. The highest BCUT2D eigenvalue weighted by molar-refractivity contribution is 7.47. The van der Waals surface area contributed by atoms with Crippen molar-refractivity contribution in [2.45, 2.75) is 39.2 Å². The smallest absolute Gasteiger partial charge is 0.328 e. The van der Waals surface area contributed by atoms with Crippen molar-refractivity contribution in [3.8, 4) is 0 Å². The van der Waals surface area contributed by atoms with E-state index in [4.69, 9.17) is 14.8 Å². The second kappa shape index (κ2) is 6.83. The van der Waals surface area contributed by atoms with Gasteiger partial charge in [-0.15, -0.1) is 0 Å². The van der Waals surface area contributed by atoms with E-state index in [9.17, 15) is 9.46 Å². The molecule has 5 nitrogen and oxygen atoms in total. The van der Waals surface area contributed by atoms with Gasteiger partial charge in [-0.25, -0.2) is 4.57 Å². The largest absolute Gasteiger partial charge is 0.472 e. The fourth-order valence-electron chi connectivity index (χ4n) is 2.38. The van der Waals surface area contributed by atoms with Crippen LogP contribution in [0.25, 0.3) is 0 Å². The Balaban J connectivity index is 2.65. The lowest BCUT2D eigenvalue weighted by molar-refractivity contribution is 0.0439. The predicted molar refractivity (Wildman–Crippen MR) is 71.0 cm³/mol. The van der Waals surface area contributed by atoms with Gasteiger partial charge in [-0.1, -0.05) is 19.1 Å². The molecule has 1 fully saturated rings. The molecule has 4 atom stereocenters. The van der Waals surface area contributed by atoms with Gasteiger partial charge in [0.1, 0.15) is 0 Å². The molecule has 1 aliphatic rings. The third-order valence-corrected chi connectivity index (χ3v) is 4.37. The van der Waals surface area contributed by atoms with Crippen molar-refractivity contribution in [3.63, 3.8) is 0 Å². The summed E-state index contributed by atoms with van der Waals surface area (Å²) in [6.07, 6.45) is 2.50. The number of hydrogen-bond acceptors (Lipinski definition) is 4. The van der Waals surface area contributed by atoms with Crippen LogP contribution in [0.4, 0.5) is 0 Å². The third-order valence-electron chi connectivity index (χ3n) is 3.33. The SMILES string of the molecule is C=C(C)C1CCC(C)CC1OP(=O)(O)OCCN. The molecule has 0 aromatic rings. The molecule has 0 spiro atoms. The minimum atomic E-state index is -4.00. The van der Waals surface area contributed by atoms with E-state index in [1.165, 1.54) is 0 Å². The monoisotopic (exact) mass is 277 g/mol. The standard InChI is InChI=1S/C12H24NO4P/c1-9(2)11-5-4-10(3)8-12(11)17-18(14,15)16-7-6-13/h10-12H,1,4-8,13H2,2-3H3,(H,14,15). The zero-order valence-electron chi connectivity index (χ0n) is 11.2. The highest BCUT2D eigenvalue weighted by Gasteiger charge is 2.35. The molecule has 0 bridgehead atoms. The molecule has 3 N–H and O–H groups in total. The number of phosphoric acid groups is 1. The van der Waals surface area contributed by atoms with Crippen molar-refractivity contribution in [1.29, 1.82) is 0 Å². The molecule has 0 aromatic carbocycles. The molecule has 106 valence electrons. The number of rotatable bonds is 6. The van der Waals surface area contributed by atoms with E-state index >= 15 is 0 Å². The fraction of sp³-hybridized carbons (Fsp3) is 0.833. The van der Waals surface area contributed by atoms with Crippen molar-refractivity contribution in [1.82, 2.24) is 0 Å². The summed E-state index contributed by atoms with van der Waals surface area (Å²) in [4.78, 5) is 9.61. The van der Waals surface area contributed by atoms with Crippen molar-refractivity contribution in [2.24, 2.45) is 17.6 Å². The van der Waals surface area contributed by atoms with Crippen LogP contribution in [-0.4, -0.2) is 24.1 Å². The highest BCUT2D eigenvalue weighted by atomic mass is 31.2. The van der Waals surface area contributed by atoms with Crippen LogP contribution in [0.5, 0.6) is 0 Å². The summed E-state index contributed by atoms with van der Waals surface area (Å²) in [7, 11) is -4.00. The summed E-state index contributed by atoms with van der Waals surface area (Å²) in [6, 6.07) is 0. The number of phosphoric ester groups is 1. The molecule has 0 heterocycles. The predicted octanol–water partition coefficient (Wildman–Crippen LogP) is 2.46. The van der Waals surface area contributed by atoms with Crippen molar-refractivity contribution in [2.75, 3.05) is 13.2 Å². The first-order chi connectivity index (χ1) is 8.35. The van der Waals surface area contributed by atoms with Crippen LogP contribution in [0.1, 0.15) is 33.1 Å². The Morgan fingerprint density at radius 1 is 1.56 bits per heavy atom. The van der Waals surface area contributed by atoms with Gasteiger partial charge in [-0.05, 0) is 32.1 Å². The maximum absolute atomic E-state index is 11.7. The Hall–Kier alpha value is -0.190. The fourth-order valence-corrected chi connectivity index (χ4v) is 3.35. The van der Waals surface area contributed by atoms with Gasteiger partial charge in [-0.3, -0.25) is 9.05 Å². The number of hydrogen-bond donors (Lipinski definition) is 2. The first-order valence-corrected chi connectivity index (χ1v) is 7.86. The van der Waals surface area contributed by atoms with Crippen LogP contribution in [0.15, 0.2) is 12.2 Å². The molecule has 0 aromatic heterocycles. The van der Waals surface area contributed by atoms with Gasteiger partial charge in [0, 0.05) is 12.5 Å². The molecule has 0 radical (unpaired) electrons. The van der Waals surface area contributed by atoms with Gasteiger partial charge in [-0.2, -0.15) is 0 Å². The van der Waals surface area contributed by atoms with Gasteiger partial charge in [0.2, 0.25) is 0 Å². The van der Waals surface area contributed by atoms with E-state index < -0.39 is 7.82 Å². The molecule has 18 heavy (non-hydrogen) atoms. The second-order valence-corrected chi connectivity index (χ2v) is 6.51. The molecule has 1 rings (SSSR count). The second-order valence-electron chi connectivity index (χ2n) is 5.11. The maximum Gasteiger partial charge on any atom is 0.472 e. The average molecular weight is 277 g/mol. The van der Waals surface area contributed by atoms with Crippen LogP contribution < -0.4 is 5.73 Å². The Morgan fingerprint density at radius 2 is 2.22 bits per heavy atom. The zero-order valence-corrected chi connectivity index (χ0v) is 12.1. The lowest BCUT2D eigenvalue weighted by Gasteiger charge is -2.35. The van der Waals surface area contributed by atoms with Crippen LogP contribution in [0.2, 0.25) is 0 Å². The molecule has 1 aliphatic carbocycles. The van der Waals surface area contributed by atoms with Gasteiger partial charge in [0.05, 0.1) is 12.7 Å². The first kappa shape index (κ1) is 15.9. The molecule has 0 saturated heterocycles. The van der Waals surface area contributed by atoms with E-state index in [1.54, 1.807) is 0 Å². The molecule has 0 aliphatic heterocycles. The summed E-state index contributed by atoms with van der Waals surface area (Å²) in [5.41, 5.74) is 6.23. The lowest BCUT2D eigenvalue weighted by atomic mass is 9.78. The molecular weight excluding hydrogens is 253 g/mol. The van der Waals surface area contributed by atoms with Gasteiger partial charge in [0.25, 0.3) is 0 Å². The zero-order chi connectivity index (χ0) is 13.8. The molecule has 0 amide bonds. The lowest BCUT2D eigenvalue weighted by Crippen LogP contribution is -2.31. The van der Waals surface area contributed by atoms with Crippen molar-refractivity contribution < 1.29 is 18.5 Å². The maximum atomic E-state index is 11.7. The van der Waals surface area contributed by atoms with Crippen LogP contribution in [0.3, 0.4) is 0 Å². The van der Waals surface area contributed by atoms with E-state index in [1.807, 2.05) is 6.92 Å². The average Bonchev–Trinajstić information content (AvgIpc) is 2.25. The third kappa shape index (κ3) is 4.82. The Bertz CT molecular complexity index is 334. The Labute approximate surface area is 109 Å². The minimum absolute atomic E-state index is 0.0216. The summed E-state index contributed by atoms with van der Waals surface area (Å²) < 4.78 is 21.8. The summed E-state index contributed by atoms with van der Waals surface area (Å²) in [6.45, 7) is 8.20. The van der Waals surface area contributed by atoms with Gasteiger partial charge in [0.15, 0.2) is 0 Å². The van der Waals surface area contributed by atoms with Crippen LogP contribution in [0, 0.1) is 11.8 Å². The van der Waals surface area contributed by atoms with Crippen molar-refractivity contribution in [3.05, 3.63) is 12.2 Å². The molecular formula is C12H24NO4P.